The summed E-state index contributed by atoms with van der Waals surface area (Å²) in [6.45, 7) is 14.8. The number of rotatable bonds is 9. The van der Waals surface area contributed by atoms with E-state index < -0.39 is 58.0 Å². The Kier molecular flexibility index (Phi) is 8.00. The Morgan fingerprint density at radius 2 is 1.77 bits per heavy atom. The molecule has 0 heterocycles. The van der Waals surface area contributed by atoms with Crippen molar-refractivity contribution in [1.29, 1.82) is 0 Å². The van der Waals surface area contributed by atoms with Gasteiger partial charge in [-0.05, 0) is 42.7 Å². The van der Waals surface area contributed by atoms with Crippen LogP contribution in [0.3, 0.4) is 0 Å². The van der Waals surface area contributed by atoms with Crippen molar-refractivity contribution in [2.45, 2.75) is 111 Å². The minimum Gasteiger partial charge on any atom is -0.461 e. The van der Waals surface area contributed by atoms with Crippen molar-refractivity contribution in [3.8, 4) is 0 Å². The second-order valence-corrected chi connectivity index (χ2v) is 13.8. The molecule has 1 spiro atoms. The van der Waals surface area contributed by atoms with Crippen LogP contribution in [-0.2, 0) is 23.9 Å². The van der Waals surface area contributed by atoms with Gasteiger partial charge in [0.2, 0.25) is 0 Å². The number of aliphatic hydroxyl groups excluding tert-OH is 2. The molecule has 8 heteroatoms. The number of fused-ring (bicyclic) bond motifs is 3. The fourth-order valence-corrected chi connectivity index (χ4v) is 8.05. The Hall–Kier alpha value is -2.03. The summed E-state index contributed by atoms with van der Waals surface area (Å²) in [5, 5.41) is 35.3. The maximum absolute atomic E-state index is 14.6. The van der Waals surface area contributed by atoms with E-state index in [1.165, 1.54) is 0 Å². The fourth-order valence-electron chi connectivity index (χ4n) is 8.05. The third-order valence-electron chi connectivity index (χ3n) is 10.9. The Balaban J connectivity index is 1.80. The number of Topliss-reactive ketones (excluding diaryl/α,β-unsaturated/α-hetero) is 1. The van der Waals surface area contributed by atoms with Crippen molar-refractivity contribution in [2.24, 2.45) is 40.4 Å². The van der Waals surface area contributed by atoms with E-state index in [9.17, 15) is 29.7 Å². The third-order valence-corrected chi connectivity index (χ3v) is 10.9. The number of allylic oxidation sites excluding steroid dienone is 1. The van der Waals surface area contributed by atoms with Gasteiger partial charge in [0.15, 0.2) is 5.78 Å². The van der Waals surface area contributed by atoms with Crippen molar-refractivity contribution in [1.82, 2.24) is 0 Å². The summed E-state index contributed by atoms with van der Waals surface area (Å²) < 4.78 is 11.9. The molecule has 0 aromatic rings. The van der Waals surface area contributed by atoms with Crippen LogP contribution in [0.15, 0.2) is 23.3 Å². The first-order valence-electron chi connectivity index (χ1n) is 15.0. The predicted molar refractivity (Wildman–Crippen MR) is 149 cm³/mol. The Bertz CT molecular complexity index is 1120. The molecule has 0 aromatic heterocycles. The maximum Gasteiger partial charge on any atom is 0.309 e. The number of carbonyl (C=O) groups is 3. The van der Waals surface area contributed by atoms with E-state index in [4.69, 9.17) is 9.47 Å². The molecule has 3 N–H and O–H groups in total. The number of carbonyl (C=O) groups excluding carboxylic acids is 3. The number of esters is 2. The fraction of sp³-hybridized carbons (Fsp3) is 0.781. The minimum absolute atomic E-state index is 0.0431. The first-order chi connectivity index (χ1) is 18.5. The molecule has 8 nitrogen and oxygen atoms in total. The van der Waals surface area contributed by atoms with E-state index in [0.717, 1.165) is 19.3 Å². The third kappa shape index (κ3) is 4.15. The van der Waals surface area contributed by atoms with Gasteiger partial charge in [-0.2, -0.15) is 0 Å². The van der Waals surface area contributed by atoms with Crippen LogP contribution >= 0.6 is 0 Å². The number of ether oxygens (including phenoxy) is 2. The van der Waals surface area contributed by atoms with Crippen LogP contribution in [0, 0.1) is 40.4 Å². The lowest BCUT2D eigenvalue weighted by Crippen LogP contribution is -2.65. The smallest absolute Gasteiger partial charge is 0.309 e. The van der Waals surface area contributed by atoms with Crippen LogP contribution in [-0.4, -0.2) is 63.1 Å². The van der Waals surface area contributed by atoms with E-state index in [0.29, 0.717) is 18.4 Å². The number of ketones is 1. The van der Waals surface area contributed by atoms with Gasteiger partial charge in [-0.25, -0.2) is 0 Å². The SMILES string of the molecule is CCCCCC(=O)O[C@@]12CC(C)C34C=C(C)[C@H](O)[C@@]3(O)[C@H](O)C(COC(=O)C(C)C(C)C)=C[C@H](C4=O)[C@@H]1C2(C)C. The molecule has 2 saturated carbocycles. The maximum atomic E-state index is 14.6. The lowest BCUT2D eigenvalue weighted by Gasteiger charge is -2.48. The largest absolute Gasteiger partial charge is 0.461 e. The van der Waals surface area contributed by atoms with Crippen LogP contribution < -0.4 is 0 Å². The number of unbranched alkanes of at least 4 members (excludes halogenated alkanes) is 2. The molecule has 2 fully saturated rings. The van der Waals surface area contributed by atoms with E-state index in [1.54, 1.807) is 26.0 Å². The zero-order chi connectivity index (χ0) is 30.0. The van der Waals surface area contributed by atoms with Crippen molar-refractivity contribution >= 4 is 17.7 Å². The molecular weight excluding hydrogens is 512 g/mol. The van der Waals surface area contributed by atoms with Crippen molar-refractivity contribution < 1.29 is 39.2 Å². The molecule has 0 aromatic carbocycles. The quantitative estimate of drug-likeness (QED) is 0.220. The van der Waals surface area contributed by atoms with Crippen LogP contribution in [0.25, 0.3) is 0 Å². The molecular formula is C32H48O8. The highest BCUT2D eigenvalue weighted by Crippen LogP contribution is 2.75. The second-order valence-electron chi connectivity index (χ2n) is 13.8. The highest BCUT2D eigenvalue weighted by molar-refractivity contribution is 5.96. The zero-order valence-corrected chi connectivity index (χ0v) is 25.3. The molecule has 40 heavy (non-hydrogen) atoms. The van der Waals surface area contributed by atoms with Gasteiger partial charge in [0, 0.05) is 23.7 Å². The molecule has 0 amide bonds. The Labute approximate surface area is 238 Å². The van der Waals surface area contributed by atoms with E-state index in [2.05, 4.69) is 6.92 Å². The van der Waals surface area contributed by atoms with Crippen molar-refractivity contribution in [3.63, 3.8) is 0 Å². The standard InChI is InChI=1S/C32H48O8/c1-9-10-11-12-23(33)40-31-15-19(5)30-14-18(4)25(34)32(30,38)26(35)21(16-39-28(37)20(6)17(2)3)13-22(27(30)36)24(31)29(31,7)8/h13-14,17,19-20,22,24-26,34-35,38H,9-12,15-16H2,1-8H3/t19?,20?,22-,24+,25-,26+,30?,31-,32+/m0/s1. The summed E-state index contributed by atoms with van der Waals surface area (Å²) in [5.41, 5.74) is -4.79. The molecule has 4 aliphatic rings. The zero-order valence-electron chi connectivity index (χ0n) is 25.3. The molecule has 3 unspecified atom stereocenters. The summed E-state index contributed by atoms with van der Waals surface area (Å²) in [5.74, 6) is -3.19. The summed E-state index contributed by atoms with van der Waals surface area (Å²) in [6, 6.07) is 0. The molecule has 9 atom stereocenters. The predicted octanol–water partition coefficient (Wildman–Crippen LogP) is 3.90. The Morgan fingerprint density at radius 3 is 2.38 bits per heavy atom. The summed E-state index contributed by atoms with van der Waals surface area (Å²) >= 11 is 0. The molecule has 0 aliphatic heterocycles. The second kappa shape index (κ2) is 10.4. The number of hydrogen-bond acceptors (Lipinski definition) is 8. The van der Waals surface area contributed by atoms with Crippen LogP contribution in [0.2, 0.25) is 0 Å². The van der Waals surface area contributed by atoms with Gasteiger partial charge in [-0.15, -0.1) is 0 Å². The van der Waals surface area contributed by atoms with Gasteiger partial charge < -0.3 is 24.8 Å². The average Bonchev–Trinajstić information content (AvgIpc) is 3.29. The van der Waals surface area contributed by atoms with Crippen LogP contribution in [0.1, 0.15) is 87.5 Å². The molecule has 0 saturated heterocycles. The lowest BCUT2D eigenvalue weighted by atomic mass is 9.59. The number of aliphatic hydroxyl groups is 3. The lowest BCUT2D eigenvalue weighted by molar-refractivity contribution is -0.192. The van der Waals surface area contributed by atoms with Gasteiger partial charge in [0.25, 0.3) is 0 Å². The van der Waals surface area contributed by atoms with E-state index in [1.807, 2.05) is 34.6 Å². The number of hydrogen-bond donors (Lipinski definition) is 3. The molecule has 224 valence electrons. The topological polar surface area (TPSA) is 130 Å². The Morgan fingerprint density at radius 1 is 1.12 bits per heavy atom. The minimum atomic E-state index is -2.27. The normalized spacial score (nSPS) is 40.2. The monoisotopic (exact) mass is 560 g/mol. The van der Waals surface area contributed by atoms with Gasteiger partial charge in [0.1, 0.15) is 30.0 Å². The van der Waals surface area contributed by atoms with Crippen molar-refractivity contribution in [3.05, 3.63) is 23.3 Å². The molecule has 4 aliphatic carbocycles. The van der Waals surface area contributed by atoms with Gasteiger partial charge in [-0.1, -0.05) is 73.5 Å². The van der Waals surface area contributed by atoms with Crippen molar-refractivity contribution in [2.75, 3.05) is 6.61 Å². The average molecular weight is 561 g/mol. The summed E-state index contributed by atoms with van der Waals surface area (Å²) in [4.78, 5) is 40.4. The van der Waals surface area contributed by atoms with Gasteiger partial charge in [0.05, 0.1) is 11.3 Å². The van der Waals surface area contributed by atoms with E-state index >= 15 is 0 Å². The first kappa shape index (κ1) is 30.9. The first-order valence-corrected chi connectivity index (χ1v) is 15.0. The van der Waals surface area contributed by atoms with Gasteiger partial charge in [-0.3, -0.25) is 14.4 Å². The van der Waals surface area contributed by atoms with Crippen LogP contribution in [0.5, 0.6) is 0 Å². The van der Waals surface area contributed by atoms with E-state index in [-0.39, 0.29) is 35.8 Å². The molecule has 2 bridgehead atoms. The molecule has 4 rings (SSSR count). The highest BCUT2D eigenvalue weighted by Gasteiger charge is 2.83. The molecule has 0 radical (unpaired) electrons. The van der Waals surface area contributed by atoms with Gasteiger partial charge >= 0.3 is 11.9 Å². The van der Waals surface area contributed by atoms with Crippen LogP contribution in [0.4, 0.5) is 0 Å². The summed E-state index contributed by atoms with van der Waals surface area (Å²) in [7, 11) is 0. The summed E-state index contributed by atoms with van der Waals surface area (Å²) in [6.07, 6.45) is 3.31. The highest BCUT2D eigenvalue weighted by atomic mass is 16.6.